The standard InChI is InChI=1S/C13H14BrN3O/c1-9-10(2)17(8-15-9)7-13(18)16-12-6-4-3-5-11(12)14/h3-6,8H,7H2,1-2H3,(H,16,18). The van der Waals surface area contributed by atoms with Crippen LogP contribution in [0.25, 0.3) is 0 Å². The minimum Gasteiger partial charge on any atom is -0.325 e. The van der Waals surface area contributed by atoms with Crippen LogP contribution in [0.2, 0.25) is 0 Å². The molecule has 94 valence electrons. The van der Waals surface area contributed by atoms with Crippen molar-refractivity contribution in [1.29, 1.82) is 0 Å². The topological polar surface area (TPSA) is 46.9 Å². The highest BCUT2D eigenvalue weighted by Gasteiger charge is 2.08. The minimum absolute atomic E-state index is 0.0672. The zero-order chi connectivity index (χ0) is 13.1. The van der Waals surface area contributed by atoms with Gasteiger partial charge in [0, 0.05) is 10.2 Å². The Balaban J connectivity index is 2.06. The van der Waals surface area contributed by atoms with Gasteiger partial charge < -0.3 is 9.88 Å². The van der Waals surface area contributed by atoms with Crippen LogP contribution in [0.15, 0.2) is 35.1 Å². The van der Waals surface area contributed by atoms with Gasteiger partial charge in [0.25, 0.3) is 0 Å². The highest BCUT2D eigenvalue weighted by atomic mass is 79.9. The van der Waals surface area contributed by atoms with Crippen molar-refractivity contribution in [1.82, 2.24) is 9.55 Å². The molecular weight excluding hydrogens is 294 g/mol. The molecule has 1 amide bonds. The first-order valence-electron chi connectivity index (χ1n) is 5.60. The second-order valence-electron chi connectivity index (χ2n) is 4.07. The van der Waals surface area contributed by atoms with Crippen LogP contribution in [0, 0.1) is 13.8 Å². The molecule has 0 saturated carbocycles. The molecule has 0 fully saturated rings. The Labute approximate surface area is 114 Å². The van der Waals surface area contributed by atoms with E-state index in [4.69, 9.17) is 0 Å². The van der Waals surface area contributed by atoms with Crippen LogP contribution in [0.4, 0.5) is 5.69 Å². The van der Waals surface area contributed by atoms with Crippen molar-refractivity contribution in [3.8, 4) is 0 Å². The molecule has 0 bridgehead atoms. The van der Waals surface area contributed by atoms with Crippen LogP contribution < -0.4 is 5.32 Å². The fourth-order valence-electron chi connectivity index (χ4n) is 1.61. The van der Waals surface area contributed by atoms with Gasteiger partial charge in [-0.3, -0.25) is 4.79 Å². The molecule has 5 heteroatoms. The third-order valence-corrected chi connectivity index (χ3v) is 3.50. The van der Waals surface area contributed by atoms with E-state index in [1.165, 1.54) is 0 Å². The maximum absolute atomic E-state index is 11.9. The number of para-hydroxylation sites is 1. The van der Waals surface area contributed by atoms with Crippen molar-refractivity contribution in [3.05, 3.63) is 46.5 Å². The summed E-state index contributed by atoms with van der Waals surface area (Å²) in [6.45, 7) is 4.15. The molecule has 2 rings (SSSR count). The number of nitrogens with zero attached hydrogens (tertiary/aromatic N) is 2. The number of imidazole rings is 1. The molecule has 1 N–H and O–H groups in total. The number of anilines is 1. The summed E-state index contributed by atoms with van der Waals surface area (Å²) in [6.07, 6.45) is 1.68. The third-order valence-electron chi connectivity index (χ3n) is 2.81. The van der Waals surface area contributed by atoms with Crippen LogP contribution in [0.1, 0.15) is 11.4 Å². The summed E-state index contributed by atoms with van der Waals surface area (Å²) in [4.78, 5) is 16.1. The summed E-state index contributed by atoms with van der Waals surface area (Å²) >= 11 is 3.39. The smallest absolute Gasteiger partial charge is 0.244 e. The first-order valence-corrected chi connectivity index (χ1v) is 6.40. The number of benzene rings is 1. The van der Waals surface area contributed by atoms with Crippen LogP contribution in [0.3, 0.4) is 0 Å². The number of hydrogen-bond donors (Lipinski definition) is 1. The van der Waals surface area contributed by atoms with Gasteiger partial charge in [-0.15, -0.1) is 0 Å². The molecule has 0 spiro atoms. The predicted octanol–water partition coefficient (Wildman–Crippen LogP) is 2.90. The molecule has 0 atom stereocenters. The van der Waals surface area contributed by atoms with E-state index in [0.717, 1.165) is 21.5 Å². The number of aromatic nitrogens is 2. The Morgan fingerprint density at radius 3 is 2.72 bits per heavy atom. The maximum Gasteiger partial charge on any atom is 0.244 e. The maximum atomic E-state index is 11.9. The molecule has 0 unspecified atom stereocenters. The Morgan fingerprint density at radius 2 is 2.11 bits per heavy atom. The van der Waals surface area contributed by atoms with E-state index in [-0.39, 0.29) is 12.5 Å². The molecule has 1 heterocycles. The fourth-order valence-corrected chi connectivity index (χ4v) is 1.99. The largest absolute Gasteiger partial charge is 0.325 e. The average Bonchev–Trinajstić information content (AvgIpc) is 2.64. The molecule has 0 saturated heterocycles. The number of halogens is 1. The lowest BCUT2D eigenvalue weighted by molar-refractivity contribution is -0.116. The third kappa shape index (κ3) is 2.79. The van der Waals surface area contributed by atoms with Crippen LogP contribution in [-0.4, -0.2) is 15.5 Å². The van der Waals surface area contributed by atoms with E-state index in [1.807, 2.05) is 42.7 Å². The molecular formula is C13H14BrN3O. The van der Waals surface area contributed by atoms with Crippen LogP contribution in [0.5, 0.6) is 0 Å². The highest BCUT2D eigenvalue weighted by Crippen LogP contribution is 2.21. The molecule has 1 aromatic heterocycles. The molecule has 0 aliphatic heterocycles. The average molecular weight is 308 g/mol. The van der Waals surface area contributed by atoms with Crippen molar-refractivity contribution < 1.29 is 4.79 Å². The minimum atomic E-state index is -0.0672. The van der Waals surface area contributed by atoms with E-state index in [2.05, 4.69) is 26.2 Å². The fraction of sp³-hybridized carbons (Fsp3) is 0.231. The summed E-state index contributed by atoms with van der Waals surface area (Å²) in [5.74, 6) is -0.0672. The molecule has 0 aliphatic carbocycles. The zero-order valence-corrected chi connectivity index (χ0v) is 11.9. The Morgan fingerprint density at radius 1 is 1.39 bits per heavy atom. The highest BCUT2D eigenvalue weighted by molar-refractivity contribution is 9.10. The predicted molar refractivity (Wildman–Crippen MR) is 74.5 cm³/mol. The lowest BCUT2D eigenvalue weighted by Crippen LogP contribution is -2.19. The van der Waals surface area contributed by atoms with Crippen LogP contribution >= 0.6 is 15.9 Å². The summed E-state index contributed by atoms with van der Waals surface area (Å²) in [5.41, 5.74) is 2.73. The van der Waals surface area contributed by atoms with E-state index in [1.54, 1.807) is 6.33 Å². The number of aryl methyl sites for hydroxylation is 1. The van der Waals surface area contributed by atoms with E-state index >= 15 is 0 Å². The monoisotopic (exact) mass is 307 g/mol. The molecule has 0 aliphatic rings. The summed E-state index contributed by atoms with van der Waals surface area (Å²) < 4.78 is 2.71. The Hall–Kier alpha value is -1.62. The Bertz CT molecular complexity index is 577. The first-order chi connectivity index (χ1) is 8.58. The van der Waals surface area contributed by atoms with Gasteiger partial charge in [0.15, 0.2) is 0 Å². The number of nitrogens with one attached hydrogen (secondary N) is 1. The number of carbonyl (C=O) groups excluding carboxylic acids is 1. The van der Waals surface area contributed by atoms with Gasteiger partial charge in [0.05, 0.1) is 17.7 Å². The lowest BCUT2D eigenvalue weighted by Gasteiger charge is -2.08. The summed E-state index contributed by atoms with van der Waals surface area (Å²) in [6, 6.07) is 7.53. The van der Waals surface area contributed by atoms with Crippen molar-refractivity contribution in [2.24, 2.45) is 0 Å². The van der Waals surface area contributed by atoms with Gasteiger partial charge in [-0.2, -0.15) is 0 Å². The van der Waals surface area contributed by atoms with Crippen molar-refractivity contribution >= 4 is 27.5 Å². The van der Waals surface area contributed by atoms with Crippen molar-refractivity contribution in [2.75, 3.05) is 5.32 Å². The Kier molecular flexibility index (Phi) is 3.81. The number of rotatable bonds is 3. The van der Waals surface area contributed by atoms with Crippen LogP contribution in [-0.2, 0) is 11.3 Å². The van der Waals surface area contributed by atoms with Crippen molar-refractivity contribution in [2.45, 2.75) is 20.4 Å². The lowest BCUT2D eigenvalue weighted by atomic mass is 10.3. The zero-order valence-electron chi connectivity index (χ0n) is 10.3. The van der Waals surface area contributed by atoms with Gasteiger partial charge in [-0.05, 0) is 41.9 Å². The SMILES string of the molecule is Cc1ncn(CC(=O)Nc2ccccc2Br)c1C. The number of amides is 1. The number of carbonyl (C=O) groups is 1. The van der Waals surface area contributed by atoms with E-state index in [0.29, 0.717) is 0 Å². The normalized spacial score (nSPS) is 10.4. The van der Waals surface area contributed by atoms with E-state index in [9.17, 15) is 4.79 Å². The second-order valence-corrected chi connectivity index (χ2v) is 4.93. The van der Waals surface area contributed by atoms with Crippen molar-refractivity contribution in [3.63, 3.8) is 0 Å². The number of hydrogen-bond acceptors (Lipinski definition) is 2. The van der Waals surface area contributed by atoms with Gasteiger partial charge in [-0.1, -0.05) is 12.1 Å². The van der Waals surface area contributed by atoms with E-state index < -0.39 is 0 Å². The van der Waals surface area contributed by atoms with Gasteiger partial charge in [0.2, 0.25) is 5.91 Å². The molecule has 1 aromatic carbocycles. The van der Waals surface area contributed by atoms with Gasteiger partial charge >= 0.3 is 0 Å². The van der Waals surface area contributed by atoms with Gasteiger partial charge in [0.1, 0.15) is 6.54 Å². The summed E-state index contributed by atoms with van der Waals surface area (Å²) in [7, 11) is 0. The second kappa shape index (κ2) is 5.35. The van der Waals surface area contributed by atoms with Gasteiger partial charge in [-0.25, -0.2) is 4.98 Å². The molecule has 18 heavy (non-hydrogen) atoms. The first kappa shape index (κ1) is 12.8. The molecule has 0 radical (unpaired) electrons. The summed E-state index contributed by atoms with van der Waals surface area (Å²) in [5, 5.41) is 2.86. The quantitative estimate of drug-likeness (QED) is 0.947. The molecule has 4 nitrogen and oxygen atoms in total. The molecule has 2 aromatic rings.